The number of Topliss-reactive ketones (excluding diaryl/α,β-unsaturated/α-hetero) is 1. The smallest absolute Gasteiger partial charge is 0.284 e. The molecule has 2 aliphatic carbocycles. The van der Waals surface area contributed by atoms with Crippen LogP contribution in [0.1, 0.15) is 43.4 Å². The fourth-order valence-electron chi connectivity index (χ4n) is 3.56. The molecule has 2 aliphatic rings. The van der Waals surface area contributed by atoms with Crippen LogP contribution in [0.5, 0.6) is 0 Å². The Morgan fingerprint density at radius 3 is 2.45 bits per heavy atom. The van der Waals surface area contributed by atoms with E-state index in [0.29, 0.717) is 12.0 Å². The third-order valence-corrected chi connectivity index (χ3v) is 5.39. The molecule has 0 atom stereocenters. The van der Waals surface area contributed by atoms with Crippen molar-refractivity contribution < 1.29 is 18.0 Å². The molecule has 1 heterocycles. The van der Waals surface area contributed by atoms with Crippen molar-refractivity contribution in [2.75, 3.05) is 0 Å². The number of alkyl halides is 3. The van der Waals surface area contributed by atoms with Gasteiger partial charge in [0.2, 0.25) is 0 Å². The van der Waals surface area contributed by atoms with Gasteiger partial charge in [0.25, 0.3) is 5.78 Å². The summed E-state index contributed by atoms with van der Waals surface area (Å²) < 4.78 is 38.7. The first-order valence-corrected chi connectivity index (χ1v) is 7.71. The lowest BCUT2D eigenvalue weighted by Crippen LogP contribution is -2.43. The molecule has 1 fully saturated rings. The number of halogens is 3. The number of ketones is 1. The molecule has 0 unspecified atom stereocenters. The molecule has 0 amide bonds. The predicted molar refractivity (Wildman–Crippen MR) is 72.4 cm³/mol. The lowest BCUT2D eigenvalue weighted by atomic mass is 9.56. The topological polar surface area (TPSA) is 17.1 Å². The van der Waals surface area contributed by atoms with Gasteiger partial charge in [-0.1, -0.05) is 25.3 Å². The van der Waals surface area contributed by atoms with Crippen molar-refractivity contribution in [2.24, 2.45) is 5.41 Å². The van der Waals surface area contributed by atoms with E-state index < -0.39 is 17.4 Å². The number of rotatable bonds is 2. The standard InChI is InChI=1S/C15H15F3OS/c16-15(17,18)13(19)12-10(11-5-4-8-20-11)9-14(12)6-2-1-3-7-14/h4-5,8H,1-3,6-7,9H2. The van der Waals surface area contributed by atoms with Gasteiger partial charge in [-0.25, -0.2) is 0 Å². The Bertz CT molecular complexity index is 548. The van der Waals surface area contributed by atoms with Gasteiger partial charge in [0.15, 0.2) is 0 Å². The zero-order chi connectivity index (χ0) is 14.4. The molecule has 5 heteroatoms. The van der Waals surface area contributed by atoms with Crippen LogP contribution in [0.2, 0.25) is 0 Å². The van der Waals surface area contributed by atoms with Gasteiger partial charge in [-0.2, -0.15) is 13.2 Å². The first-order chi connectivity index (χ1) is 9.44. The quantitative estimate of drug-likeness (QED) is 0.752. The monoisotopic (exact) mass is 300 g/mol. The number of thiophene rings is 1. The van der Waals surface area contributed by atoms with Crippen molar-refractivity contribution in [1.29, 1.82) is 0 Å². The maximum Gasteiger partial charge on any atom is 0.454 e. The number of hydrogen-bond acceptors (Lipinski definition) is 2. The Labute approximate surface area is 119 Å². The fraction of sp³-hybridized carbons (Fsp3) is 0.533. The first-order valence-electron chi connectivity index (χ1n) is 6.83. The van der Waals surface area contributed by atoms with Crippen molar-refractivity contribution in [3.05, 3.63) is 28.0 Å². The van der Waals surface area contributed by atoms with Crippen LogP contribution in [-0.4, -0.2) is 12.0 Å². The average Bonchev–Trinajstić information content (AvgIpc) is 2.89. The number of carbonyl (C=O) groups excluding carboxylic acids is 1. The lowest BCUT2D eigenvalue weighted by Gasteiger charge is -2.48. The summed E-state index contributed by atoms with van der Waals surface area (Å²) in [5, 5.41) is 1.84. The van der Waals surface area contributed by atoms with Crippen molar-refractivity contribution in [1.82, 2.24) is 0 Å². The summed E-state index contributed by atoms with van der Waals surface area (Å²) in [5.41, 5.74) is 0.195. The second kappa shape index (κ2) is 4.72. The van der Waals surface area contributed by atoms with Gasteiger partial charge in [-0.3, -0.25) is 4.79 Å². The normalized spacial score (nSPS) is 21.9. The second-order valence-corrected chi connectivity index (χ2v) is 6.62. The van der Waals surface area contributed by atoms with Crippen LogP contribution in [0.3, 0.4) is 0 Å². The van der Waals surface area contributed by atoms with Crippen LogP contribution in [0, 0.1) is 5.41 Å². The summed E-state index contributed by atoms with van der Waals surface area (Å²) >= 11 is 1.41. The Morgan fingerprint density at radius 1 is 1.20 bits per heavy atom. The van der Waals surface area contributed by atoms with Crippen LogP contribution in [0.25, 0.3) is 5.57 Å². The van der Waals surface area contributed by atoms with Crippen LogP contribution in [0.4, 0.5) is 13.2 Å². The van der Waals surface area contributed by atoms with Crippen molar-refractivity contribution in [3.63, 3.8) is 0 Å². The van der Waals surface area contributed by atoms with E-state index in [1.54, 1.807) is 6.07 Å². The van der Waals surface area contributed by atoms with Gasteiger partial charge in [-0.15, -0.1) is 11.3 Å². The molecule has 108 valence electrons. The number of allylic oxidation sites excluding steroid dienone is 2. The van der Waals surface area contributed by atoms with Gasteiger partial charge < -0.3 is 0 Å². The lowest BCUT2D eigenvalue weighted by molar-refractivity contribution is -0.168. The average molecular weight is 300 g/mol. The highest BCUT2D eigenvalue weighted by Crippen LogP contribution is 2.60. The largest absolute Gasteiger partial charge is 0.454 e. The van der Waals surface area contributed by atoms with Gasteiger partial charge in [-0.05, 0) is 36.3 Å². The van der Waals surface area contributed by atoms with E-state index in [1.807, 2.05) is 11.4 Å². The van der Waals surface area contributed by atoms with Crippen LogP contribution < -0.4 is 0 Å². The minimum absolute atomic E-state index is 0.0622. The predicted octanol–water partition coefficient (Wildman–Crippen LogP) is 4.99. The van der Waals surface area contributed by atoms with Gasteiger partial charge in [0, 0.05) is 15.9 Å². The Kier molecular flexibility index (Phi) is 3.27. The summed E-state index contributed by atoms with van der Waals surface area (Å²) in [6.07, 6.45) is 0.216. The highest BCUT2D eigenvalue weighted by Gasteiger charge is 2.55. The SMILES string of the molecule is O=C(C1=C(c2cccs2)CC12CCCCC2)C(F)(F)F. The van der Waals surface area contributed by atoms with Crippen molar-refractivity contribution in [2.45, 2.75) is 44.7 Å². The van der Waals surface area contributed by atoms with E-state index in [2.05, 4.69) is 0 Å². The molecule has 0 aromatic carbocycles. The van der Waals surface area contributed by atoms with E-state index in [4.69, 9.17) is 0 Å². The Morgan fingerprint density at radius 2 is 1.90 bits per heavy atom. The molecule has 1 spiro atoms. The summed E-state index contributed by atoms with van der Waals surface area (Å²) in [5.74, 6) is -1.62. The van der Waals surface area contributed by atoms with Gasteiger partial charge >= 0.3 is 6.18 Å². The number of carbonyl (C=O) groups is 1. The summed E-state index contributed by atoms with van der Waals surface area (Å²) in [6.45, 7) is 0. The third kappa shape index (κ3) is 2.12. The molecule has 0 bridgehead atoms. The molecule has 20 heavy (non-hydrogen) atoms. The molecule has 1 aromatic rings. The minimum Gasteiger partial charge on any atom is -0.284 e. The Balaban J connectivity index is 2.04. The highest BCUT2D eigenvalue weighted by molar-refractivity contribution is 7.11. The van der Waals surface area contributed by atoms with E-state index >= 15 is 0 Å². The van der Waals surface area contributed by atoms with E-state index in [0.717, 1.165) is 37.0 Å². The van der Waals surface area contributed by atoms with Crippen LogP contribution in [0.15, 0.2) is 23.1 Å². The highest BCUT2D eigenvalue weighted by atomic mass is 32.1. The molecule has 3 rings (SSSR count). The molecule has 0 aliphatic heterocycles. The van der Waals surface area contributed by atoms with Crippen molar-refractivity contribution in [3.8, 4) is 0 Å². The maximum absolute atomic E-state index is 12.9. The molecule has 0 radical (unpaired) electrons. The van der Waals surface area contributed by atoms with Gasteiger partial charge in [0.05, 0.1) is 0 Å². The third-order valence-electron chi connectivity index (χ3n) is 4.46. The maximum atomic E-state index is 12.9. The molecule has 1 aromatic heterocycles. The van der Waals surface area contributed by atoms with Crippen LogP contribution >= 0.6 is 11.3 Å². The fourth-order valence-corrected chi connectivity index (χ4v) is 4.34. The first kappa shape index (κ1) is 13.9. The molecule has 1 nitrogen and oxygen atoms in total. The second-order valence-electron chi connectivity index (χ2n) is 5.68. The van der Waals surface area contributed by atoms with Crippen molar-refractivity contribution >= 4 is 22.7 Å². The summed E-state index contributed by atoms with van der Waals surface area (Å²) in [7, 11) is 0. The molecule has 0 N–H and O–H groups in total. The molecule has 1 saturated carbocycles. The van der Waals surface area contributed by atoms with Gasteiger partial charge in [0.1, 0.15) is 0 Å². The van der Waals surface area contributed by atoms with E-state index in [9.17, 15) is 18.0 Å². The number of hydrogen-bond donors (Lipinski definition) is 0. The zero-order valence-electron chi connectivity index (χ0n) is 10.9. The van der Waals surface area contributed by atoms with E-state index in [-0.39, 0.29) is 5.57 Å². The Hall–Kier alpha value is -1.10. The van der Waals surface area contributed by atoms with Crippen LogP contribution in [-0.2, 0) is 4.79 Å². The summed E-state index contributed by atoms with van der Waals surface area (Å²) in [6, 6.07) is 3.62. The minimum atomic E-state index is -4.76. The summed E-state index contributed by atoms with van der Waals surface area (Å²) in [4.78, 5) is 12.7. The molecular weight excluding hydrogens is 285 g/mol. The zero-order valence-corrected chi connectivity index (χ0v) is 11.7. The molecular formula is C15H15F3OS. The van der Waals surface area contributed by atoms with E-state index in [1.165, 1.54) is 11.3 Å². The molecule has 0 saturated heterocycles.